The molecule has 1 atom stereocenters. The third-order valence-corrected chi connectivity index (χ3v) is 3.83. The van der Waals surface area contributed by atoms with E-state index < -0.39 is 0 Å². The van der Waals surface area contributed by atoms with Crippen molar-refractivity contribution in [2.24, 2.45) is 0 Å². The van der Waals surface area contributed by atoms with Crippen LogP contribution in [-0.2, 0) is 0 Å². The molecule has 4 heteroatoms. The Morgan fingerprint density at radius 2 is 2.14 bits per heavy atom. The molecule has 2 aromatic rings. The van der Waals surface area contributed by atoms with Crippen LogP contribution in [0.4, 0.5) is 0 Å². The summed E-state index contributed by atoms with van der Waals surface area (Å²) < 4.78 is 5.45. The van der Waals surface area contributed by atoms with Crippen LogP contribution >= 0.6 is 11.6 Å². The Labute approximate surface area is 131 Å². The number of hydrogen-bond donors (Lipinski definition) is 1. The maximum Gasteiger partial charge on any atom is 0.142 e. The van der Waals surface area contributed by atoms with E-state index in [-0.39, 0.29) is 6.04 Å². The molecule has 0 spiro atoms. The molecular weight excluding hydrogens is 284 g/mol. The van der Waals surface area contributed by atoms with Crippen LogP contribution < -0.4 is 10.1 Å². The molecule has 1 aromatic heterocycles. The van der Waals surface area contributed by atoms with Gasteiger partial charge in [0.1, 0.15) is 11.4 Å². The largest absolute Gasteiger partial charge is 0.495 e. The first-order chi connectivity index (χ1) is 10.2. The molecule has 0 aliphatic heterocycles. The highest BCUT2D eigenvalue weighted by molar-refractivity contribution is 6.31. The normalized spacial score (nSPS) is 12.2. The molecule has 1 aromatic carbocycles. The molecule has 1 N–H and O–H groups in total. The van der Waals surface area contributed by atoms with Gasteiger partial charge in [0.2, 0.25) is 0 Å². The molecule has 1 heterocycles. The molecule has 112 valence electrons. The number of nitrogens with zero attached hydrogens (tertiary/aromatic N) is 1. The van der Waals surface area contributed by atoms with Crippen molar-refractivity contribution in [3.63, 3.8) is 0 Å². The minimum Gasteiger partial charge on any atom is -0.495 e. The third-order valence-electron chi connectivity index (χ3n) is 3.41. The summed E-state index contributed by atoms with van der Waals surface area (Å²) in [6, 6.07) is 9.89. The Bertz CT molecular complexity index is 601. The van der Waals surface area contributed by atoms with Crippen molar-refractivity contribution < 1.29 is 4.74 Å². The highest BCUT2D eigenvalue weighted by atomic mass is 35.5. The Balaban J connectivity index is 2.44. The zero-order chi connectivity index (χ0) is 15.2. The van der Waals surface area contributed by atoms with E-state index >= 15 is 0 Å². The van der Waals surface area contributed by atoms with E-state index in [4.69, 9.17) is 16.3 Å². The van der Waals surface area contributed by atoms with Crippen LogP contribution in [0.5, 0.6) is 5.75 Å². The average Bonchev–Trinajstić information content (AvgIpc) is 2.51. The van der Waals surface area contributed by atoms with E-state index in [0.717, 1.165) is 40.6 Å². The average molecular weight is 305 g/mol. The topological polar surface area (TPSA) is 34.2 Å². The first kappa shape index (κ1) is 15.8. The van der Waals surface area contributed by atoms with Gasteiger partial charge in [-0.15, -0.1) is 0 Å². The van der Waals surface area contributed by atoms with Crippen LogP contribution in [0.1, 0.15) is 36.2 Å². The first-order valence-corrected chi connectivity index (χ1v) is 7.53. The van der Waals surface area contributed by atoms with Crippen molar-refractivity contribution in [3.8, 4) is 5.75 Å². The molecule has 0 fully saturated rings. The summed E-state index contributed by atoms with van der Waals surface area (Å²) in [6.45, 7) is 5.07. The summed E-state index contributed by atoms with van der Waals surface area (Å²) in [4.78, 5) is 4.51. The molecular formula is C17H21ClN2O. The number of aryl methyl sites for hydroxylation is 1. The number of benzene rings is 1. The lowest BCUT2D eigenvalue weighted by atomic mass is 10.00. The molecule has 0 saturated heterocycles. The fourth-order valence-electron chi connectivity index (χ4n) is 2.30. The molecule has 2 rings (SSSR count). The molecule has 0 saturated carbocycles. The zero-order valence-corrected chi connectivity index (χ0v) is 13.4. The second kappa shape index (κ2) is 7.43. The predicted octanol–water partition coefficient (Wildman–Crippen LogP) is 4.14. The van der Waals surface area contributed by atoms with Crippen molar-refractivity contribution in [1.29, 1.82) is 0 Å². The summed E-state index contributed by atoms with van der Waals surface area (Å²) in [5.74, 6) is 0.790. The van der Waals surface area contributed by atoms with Crippen molar-refractivity contribution in [1.82, 2.24) is 10.3 Å². The minimum absolute atomic E-state index is 0.00272. The number of halogens is 1. The van der Waals surface area contributed by atoms with Gasteiger partial charge in [0.15, 0.2) is 0 Å². The minimum atomic E-state index is -0.00272. The van der Waals surface area contributed by atoms with Gasteiger partial charge in [0, 0.05) is 11.2 Å². The molecule has 1 unspecified atom stereocenters. The van der Waals surface area contributed by atoms with Gasteiger partial charge >= 0.3 is 0 Å². The van der Waals surface area contributed by atoms with Crippen LogP contribution in [0.2, 0.25) is 5.02 Å². The second-order valence-corrected chi connectivity index (χ2v) is 5.39. The summed E-state index contributed by atoms with van der Waals surface area (Å²) in [6.07, 6.45) is 2.85. The molecule has 0 aliphatic carbocycles. The van der Waals surface area contributed by atoms with Crippen LogP contribution in [0, 0.1) is 6.92 Å². The van der Waals surface area contributed by atoms with Gasteiger partial charge < -0.3 is 10.1 Å². The van der Waals surface area contributed by atoms with E-state index in [2.05, 4.69) is 23.3 Å². The van der Waals surface area contributed by atoms with Gasteiger partial charge in [-0.25, -0.2) is 0 Å². The monoisotopic (exact) mass is 304 g/mol. The van der Waals surface area contributed by atoms with E-state index in [0.29, 0.717) is 0 Å². The summed E-state index contributed by atoms with van der Waals surface area (Å²) in [5, 5.41) is 4.32. The number of methoxy groups -OCH3 is 1. The molecule has 0 aliphatic rings. The number of rotatable bonds is 6. The molecule has 0 amide bonds. The van der Waals surface area contributed by atoms with Crippen molar-refractivity contribution >= 4 is 11.6 Å². The SMILES string of the molecule is CCCNC(c1ccc(Cl)c(C)c1)c1ncccc1OC. The number of pyridine rings is 1. The van der Waals surface area contributed by atoms with E-state index in [1.807, 2.05) is 31.2 Å². The number of aromatic nitrogens is 1. The number of nitrogens with one attached hydrogen (secondary N) is 1. The van der Waals surface area contributed by atoms with E-state index in [9.17, 15) is 0 Å². The van der Waals surface area contributed by atoms with Gasteiger partial charge in [-0.2, -0.15) is 0 Å². The maximum absolute atomic E-state index is 6.13. The van der Waals surface area contributed by atoms with Crippen LogP contribution in [0.25, 0.3) is 0 Å². The van der Waals surface area contributed by atoms with Gasteiger partial charge in [-0.3, -0.25) is 4.98 Å². The smallest absolute Gasteiger partial charge is 0.142 e. The number of hydrogen-bond acceptors (Lipinski definition) is 3. The first-order valence-electron chi connectivity index (χ1n) is 7.15. The summed E-state index contributed by atoms with van der Waals surface area (Å²) >= 11 is 6.13. The highest BCUT2D eigenvalue weighted by Crippen LogP contribution is 2.29. The van der Waals surface area contributed by atoms with E-state index in [1.165, 1.54) is 0 Å². The van der Waals surface area contributed by atoms with Crippen LogP contribution in [0.3, 0.4) is 0 Å². The number of ether oxygens (including phenoxy) is 1. The lowest BCUT2D eigenvalue weighted by molar-refractivity contribution is 0.399. The lowest BCUT2D eigenvalue weighted by Crippen LogP contribution is -2.24. The van der Waals surface area contributed by atoms with Crippen molar-refractivity contribution in [2.75, 3.05) is 13.7 Å². The fraction of sp³-hybridized carbons (Fsp3) is 0.353. The van der Waals surface area contributed by atoms with Gasteiger partial charge in [-0.05, 0) is 49.2 Å². The zero-order valence-electron chi connectivity index (χ0n) is 12.7. The van der Waals surface area contributed by atoms with Crippen molar-refractivity contribution in [3.05, 3.63) is 58.4 Å². The molecule has 0 bridgehead atoms. The fourth-order valence-corrected chi connectivity index (χ4v) is 2.42. The van der Waals surface area contributed by atoms with Crippen LogP contribution in [0.15, 0.2) is 36.5 Å². The quantitative estimate of drug-likeness (QED) is 0.871. The molecule has 21 heavy (non-hydrogen) atoms. The second-order valence-electron chi connectivity index (χ2n) is 4.99. The third kappa shape index (κ3) is 3.74. The van der Waals surface area contributed by atoms with Crippen LogP contribution in [-0.4, -0.2) is 18.6 Å². The Morgan fingerprint density at radius 1 is 1.33 bits per heavy atom. The van der Waals surface area contributed by atoms with Gasteiger partial charge in [-0.1, -0.05) is 30.7 Å². The maximum atomic E-state index is 6.13. The summed E-state index contributed by atoms with van der Waals surface area (Å²) in [5.41, 5.74) is 3.10. The summed E-state index contributed by atoms with van der Waals surface area (Å²) in [7, 11) is 1.67. The Hall–Kier alpha value is -1.58. The Morgan fingerprint density at radius 3 is 2.81 bits per heavy atom. The highest BCUT2D eigenvalue weighted by Gasteiger charge is 2.19. The predicted molar refractivity (Wildman–Crippen MR) is 87.1 cm³/mol. The molecule has 3 nitrogen and oxygen atoms in total. The Kier molecular flexibility index (Phi) is 5.59. The van der Waals surface area contributed by atoms with E-state index in [1.54, 1.807) is 13.3 Å². The van der Waals surface area contributed by atoms with Crippen molar-refractivity contribution in [2.45, 2.75) is 26.3 Å². The lowest BCUT2D eigenvalue weighted by Gasteiger charge is -2.21. The standard InChI is InChI=1S/C17H21ClN2O/c1-4-9-19-16(13-7-8-14(18)12(2)11-13)17-15(21-3)6-5-10-20-17/h5-8,10-11,16,19H,4,9H2,1-3H3. The van der Waals surface area contributed by atoms with Gasteiger partial charge in [0.05, 0.1) is 13.2 Å². The van der Waals surface area contributed by atoms with Gasteiger partial charge in [0.25, 0.3) is 0 Å². The molecule has 0 radical (unpaired) electrons.